The second kappa shape index (κ2) is 6.24. The molecule has 0 radical (unpaired) electrons. The summed E-state index contributed by atoms with van der Waals surface area (Å²) >= 11 is 1.70. The van der Waals surface area contributed by atoms with Crippen LogP contribution in [-0.4, -0.2) is 26.3 Å². The van der Waals surface area contributed by atoms with E-state index >= 15 is 0 Å². The molecule has 0 aliphatic carbocycles. The standard InChI is InChI=1S/C15H20N2O2S/c1-9-10(2)20-15(17-9)14(16-3)12-8-11(18-4)6-7-13(12)19-5/h6-8,14,16H,1-5H3. The largest absolute Gasteiger partial charge is 0.497 e. The van der Waals surface area contributed by atoms with Gasteiger partial charge in [-0.3, -0.25) is 0 Å². The van der Waals surface area contributed by atoms with E-state index < -0.39 is 0 Å². The van der Waals surface area contributed by atoms with Crippen molar-refractivity contribution in [3.8, 4) is 11.5 Å². The molecule has 1 N–H and O–H groups in total. The molecule has 0 saturated carbocycles. The van der Waals surface area contributed by atoms with Crippen molar-refractivity contribution in [2.45, 2.75) is 19.9 Å². The first-order valence-electron chi connectivity index (χ1n) is 6.43. The van der Waals surface area contributed by atoms with Gasteiger partial charge in [-0.1, -0.05) is 0 Å². The smallest absolute Gasteiger partial charge is 0.124 e. The Labute approximate surface area is 123 Å². The molecule has 0 aliphatic heterocycles. The van der Waals surface area contributed by atoms with E-state index in [1.165, 1.54) is 4.88 Å². The Kier molecular flexibility index (Phi) is 4.62. The Balaban J connectivity index is 2.50. The third kappa shape index (κ3) is 2.78. The normalized spacial score (nSPS) is 12.2. The van der Waals surface area contributed by atoms with Crippen molar-refractivity contribution in [2.24, 2.45) is 0 Å². The molecule has 0 bridgehead atoms. The second-order valence-corrected chi connectivity index (χ2v) is 5.76. The summed E-state index contributed by atoms with van der Waals surface area (Å²) in [4.78, 5) is 5.89. The lowest BCUT2D eigenvalue weighted by Crippen LogP contribution is -2.18. The molecule has 20 heavy (non-hydrogen) atoms. The predicted octanol–water partition coefficient (Wildman–Crippen LogP) is 3.09. The van der Waals surface area contributed by atoms with Gasteiger partial charge < -0.3 is 14.8 Å². The number of benzene rings is 1. The summed E-state index contributed by atoms with van der Waals surface area (Å²) in [7, 11) is 5.27. The number of rotatable bonds is 5. The molecule has 4 nitrogen and oxygen atoms in total. The Morgan fingerprint density at radius 3 is 2.45 bits per heavy atom. The number of hydrogen-bond donors (Lipinski definition) is 1. The van der Waals surface area contributed by atoms with E-state index in [1.807, 2.05) is 32.2 Å². The van der Waals surface area contributed by atoms with Crippen molar-refractivity contribution >= 4 is 11.3 Å². The van der Waals surface area contributed by atoms with E-state index in [9.17, 15) is 0 Å². The zero-order valence-corrected chi connectivity index (χ0v) is 13.3. The molecule has 0 aliphatic rings. The minimum absolute atomic E-state index is 0.00236. The van der Waals surface area contributed by atoms with Gasteiger partial charge in [-0.05, 0) is 39.1 Å². The maximum atomic E-state index is 5.47. The molecule has 2 aromatic rings. The maximum Gasteiger partial charge on any atom is 0.124 e. The third-order valence-corrected chi connectivity index (χ3v) is 4.47. The molecule has 0 saturated heterocycles. The van der Waals surface area contributed by atoms with Crippen molar-refractivity contribution in [1.29, 1.82) is 0 Å². The average molecular weight is 292 g/mol. The summed E-state index contributed by atoms with van der Waals surface area (Å²) in [6.45, 7) is 4.12. The van der Waals surface area contributed by atoms with Gasteiger partial charge >= 0.3 is 0 Å². The zero-order chi connectivity index (χ0) is 14.7. The Bertz CT molecular complexity index is 576. The number of methoxy groups -OCH3 is 2. The van der Waals surface area contributed by atoms with Gasteiger partial charge in [0, 0.05) is 10.4 Å². The van der Waals surface area contributed by atoms with Crippen LogP contribution in [0.25, 0.3) is 0 Å². The predicted molar refractivity (Wildman–Crippen MR) is 82.0 cm³/mol. The number of aromatic nitrogens is 1. The van der Waals surface area contributed by atoms with Crippen LogP contribution in [0.2, 0.25) is 0 Å². The van der Waals surface area contributed by atoms with Gasteiger partial charge in [0.15, 0.2) is 0 Å². The molecule has 2 rings (SSSR count). The van der Waals surface area contributed by atoms with E-state index in [0.29, 0.717) is 0 Å². The molecule has 1 atom stereocenters. The van der Waals surface area contributed by atoms with Crippen molar-refractivity contribution < 1.29 is 9.47 Å². The minimum Gasteiger partial charge on any atom is -0.497 e. The highest BCUT2D eigenvalue weighted by molar-refractivity contribution is 7.11. The minimum atomic E-state index is -0.00236. The zero-order valence-electron chi connectivity index (χ0n) is 12.5. The van der Waals surface area contributed by atoms with Gasteiger partial charge in [0.2, 0.25) is 0 Å². The van der Waals surface area contributed by atoms with Crippen molar-refractivity contribution in [1.82, 2.24) is 10.3 Å². The Morgan fingerprint density at radius 2 is 1.95 bits per heavy atom. The first kappa shape index (κ1) is 14.8. The summed E-state index contributed by atoms with van der Waals surface area (Å²) in [6, 6.07) is 5.81. The highest BCUT2D eigenvalue weighted by Gasteiger charge is 2.21. The van der Waals surface area contributed by atoms with Gasteiger partial charge in [0.1, 0.15) is 16.5 Å². The monoisotopic (exact) mass is 292 g/mol. The van der Waals surface area contributed by atoms with E-state index in [1.54, 1.807) is 25.6 Å². The number of thiazole rings is 1. The lowest BCUT2D eigenvalue weighted by atomic mass is 10.1. The van der Waals surface area contributed by atoms with Crippen LogP contribution in [0.15, 0.2) is 18.2 Å². The number of nitrogens with one attached hydrogen (secondary N) is 1. The van der Waals surface area contributed by atoms with Crippen LogP contribution >= 0.6 is 11.3 Å². The molecule has 0 fully saturated rings. The van der Waals surface area contributed by atoms with Crippen LogP contribution in [0.1, 0.15) is 27.2 Å². The molecule has 1 heterocycles. The number of nitrogens with zero attached hydrogens (tertiary/aromatic N) is 1. The molecule has 0 amide bonds. The van der Waals surface area contributed by atoms with Crippen LogP contribution in [0.3, 0.4) is 0 Å². The fourth-order valence-corrected chi connectivity index (χ4v) is 3.15. The molecule has 1 aromatic heterocycles. The van der Waals surface area contributed by atoms with E-state index in [0.717, 1.165) is 27.8 Å². The van der Waals surface area contributed by atoms with Gasteiger partial charge in [0.05, 0.1) is 26.0 Å². The van der Waals surface area contributed by atoms with E-state index in [2.05, 4.69) is 17.2 Å². The van der Waals surface area contributed by atoms with Crippen molar-refractivity contribution in [3.05, 3.63) is 39.3 Å². The first-order valence-corrected chi connectivity index (χ1v) is 7.25. The Hall–Kier alpha value is -1.59. The van der Waals surface area contributed by atoms with Crippen molar-refractivity contribution in [2.75, 3.05) is 21.3 Å². The molecule has 1 aromatic carbocycles. The summed E-state index contributed by atoms with van der Waals surface area (Å²) in [5.74, 6) is 1.64. The SMILES string of the molecule is CNC(c1nc(C)c(C)s1)c1cc(OC)ccc1OC. The fraction of sp³-hybridized carbons (Fsp3) is 0.400. The van der Waals surface area contributed by atoms with Crippen LogP contribution < -0.4 is 14.8 Å². The quantitative estimate of drug-likeness (QED) is 0.919. The molecule has 0 spiro atoms. The van der Waals surface area contributed by atoms with Crippen molar-refractivity contribution in [3.63, 3.8) is 0 Å². The van der Waals surface area contributed by atoms with Gasteiger partial charge in [-0.15, -0.1) is 11.3 Å². The number of aryl methyl sites for hydroxylation is 2. The lowest BCUT2D eigenvalue weighted by Gasteiger charge is -2.18. The topological polar surface area (TPSA) is 43.4 Å². The molecule has 108 valence electrons. The fourth-order valence-electron chi connectivity index (χ4n) is 2.10. The highest BCUT2D eigenvalue weighted by Crippen LogP contribution is 2.35. The van der Waals surface area contributed by atoms with Crippen LogP contribution in [0.5, 0.6) is 11.5 Å². The maximum absolute atomic E-state index is 5.47. The molecular weight excluding hydrogens is 272 g/mol. The summed E-state index contributed by atoms with van der Waals surface area (Å²) in [5, 5.41) is 4.35. The van der Waals surface area contributed by atoms with Gasteiger partial charge in [0.25, 0.3) is 0 Å². The molecular formula is C15H20N2O2S. The average Bonchev–Trinajstić information content (AvgIpc) is 2.79. The first-order chi connectivity index (χ1) is 9.60. The van der Waals surface area contributed by atoms with Crippen LogP contribution in [0, 0.1) is 13.8 Å². The Morgan fingerprint density at radius 1 is 1.20 bits per heavy atom. The van der Waals surface area contributed by atoms with Gasteiger partial charge in [-0.2, -0.15) is 0 Å². The number of ether oxygens (including phenoxy) is 2. The van der Waals surface area contributed by atoms with E-state index in [-0.39, 0.29) is 6.04 Å². The second-order valence-electron chi connectivity index (χ2n) is 4.52. The highest BCUT2D eigenvalue weighted by atomic mass is 32.1. The molecule has 1 unspecified atom stereocenters. The third-order valence-electron chi connectivity index (χ3n) is 3.33. The van der Waals surface area contributed by atoms with E-state index in [4.69, 9.17) is 9.47 Å². The molecule has 5 heteroatoms. The number of hydrogen-bond acceptors (Lipinski definition) is 5. The summed E-state index contributed by atoms with van der Waals surface area (Å²) in [5.41, 5.74) is 2.11. The summed E-state index contributed by atoms with van der Waals surface area (Å²) < 4.78 is 10.8. The van der Waals surface area contributed by atoms with Crippen LogP contribution in [0.4, 0.5) is 0 Å². The lowest BCUT2D eigenvalue weighted by molar-refractivity contribution is 0.395. The van der Waals surface area contributed by atoms with Crippen LogP contribution in [-0.2, 0) is 0 Å². The van der Waals surface area contributed by atoms with Gasteiger partial charge in [-0.25, -0.2) is 4.98 Å². The summed E-state index contributed by atoms with van der Waals surface area (Å²) in [6.07, 6.45) is 0.